The van der Waals surface area contributed by atoms with Crippen LogP contribution in [0.1, 0.15) is 74.7 Å². The molecular weight excluding hydrogens is 482 g/mol. The van der Waals surface area contributed by atoms with Gasteiger partial charge in [0.25, 0.3) is 0 Å². The molecule has 1 fully saturated rings. The number of unbranched alkanes of at least 4 members (excludes halogenated alkanes) is 1. The number of hydrogen-bond donors (Lipinski definition) is 0. The molecule has 200 valence electrons. The smallest absolute Gasteiger partial charge is 0.139 e. The molecular formula is C34H43N3S. The van der Waals surface area contributed by atoms with Crippen LogP contribution < -0.4 is 4.90 Å². The second-order valence-electron chi connectivity index (χ2n) is 11.6. The standard InChI is InChI=1S/C34H43N3S/c1-25-15-21-29(22-16-25)32-23-28(24-38-32)10-5-4-9-26-17-19-27(20-18-26)11-8-14-33-35-31-13-7-6-12-30(31)34(36-33)37(2)3/h6-7,12-13,15-16,21-24,26-27H,4-5,8-11,14,17-20H2,1-3H3. The molecule has 38 heavy (non-hydrogen) atoms. The Hall–Kier alpha value is -2.72. The number of hydrogen-bond acceptors (Lipinski definition) is 4. The number of nitrogens with zero attached hydrogens (tertiary/aromatic N) is 3. The van der Waals surface area contributed by atoms with E-state index < -0.39 is 0 Å². The normalized spacial score (nSPS) is 17.7. The van der Waals surface area contributed by atoms with Crippen molar-refractivity contribution in [3.05, 3.63) is 76.9 Å². The van der Waals surface area contributed by atoms with Crippen molar-refractivity contribution >= 4 is 28.1 Å². The zero-order valence-electron chi connectivity index (χ0n) is 23.5. The summed E-state index contributed by atoms with van der Waals surface area (Å²) in [6.07, 6.45) is 14.5. The summed E-state index contributed by atoms with van der Waals surface area (Å²) in [4.78, 5) is 13.3. The van der Waals surface area contributed by atoms with E-state index in [0.29, 0.717) is 0 Å². The molecule has 2 aromatic carbocycles. The first-order valence-corrected chi connectivity index (χ1v) is 15.5. The van der Waals surface area contributed by atoms with Crippen molar-refractivity contribution in [1.29, 1.82) is 0 Å². The number of fused-ring (bicyclic) bond motifs is 1. The summed E-state index contributed by atoms with van der Waals surface area (Å²) in [7, 11) is 4.14. The Morgan fingerprint density at radius 3 is 2.26 bits per heavy atom. The van der Waals surface area contributed by atoms with Gasteiger partial charge >= 0.3 is 0 Å². The van der Waals surface area contributed by atoms with E-state index in [9.17, 15) is 0 Å². The van der Waals surface area contributed by atoms with Crippen LogP contribution in [0.5, 0.6) is 0 Å². The molecule has 1 saturated carbocycles. The average molecular weight is 526 g/mol. The van der Waals surface area contributed by atoms with Gasteiger partial charge in [-0.2, -0.15) is 0 Å². The first-order chi connectivity index (χ1) is 18.5. The largest absolute Gasteiger partial charge is 0.362 e. The van der Waals surface area contributed by atoms with E-state index >= 15 is 0 Å². The Balaban J connectivity index is 0.993. The predicted octanol–water partition coefficient (Wildman–Crippen LogP) is 9.27. The molecule has 2 heterocycles. The van der Waals surface area contributed by atoms with Crippen molar-refractivity contribution in [3.63, 3.8) is 0 Å². The van der Waals surface area contributed by atoms with Crippen LogP contribution in [0.25, 0.3) is 21.3 Å². The summed E-state index contributed by atoms with van der Waals surface area (Å²) < 4.78 is 0. The zero-order chi connectivity index (χ0) is 26.3. The molecule has 0 amide bonds. The highest BCUT2D eigenvalue weighted by Crippen LogP contribution is 2.35. The molecule has 5 rings (SSSR count). The van der Waals surface area contributed by atoms with Crippen LogP contribution in [0, 0.1) is 18.8 Å². The second-order valence-corrected chi connectivity index (χ2v) is 12.5. The van der Waals surface area contributed by atoms with Crippen molar-refractivity contribution in [2.75, 3.05) is 19.0 Å². The van der Waals surface area contributed by atoms with Crippen molar-refractivity contribution in [2.24, 2.45) is 11.8 Å². The number of aryl methyl sites for hydroxylation is 3. The van der Waals surface area contributed by atoms with Crippen LogP contribution in [0.4, 0.5) is 5.82 Å². The number of aromatic nitrogens is 2. The molecule has 0 N–H and O–H groups in total. The van der Waals surface area contributed by atoms with Crippen molar-refractivity contribution in [1.82, 2.24) is 9.97 Å². The fourth-order valence-electron chi connectivity index (χ4n) is 6.06. The van der Waals surface area contributed by atoms with Crippen molar-refractivity contribution < 1.29 is 0 Å². The number of para-hydroxylation sites is 1. The Morgan fingerprint density at radius 2 is 1.53 bits per heavy atom. The van der Waals surface area contributed by atoms with Gasteiger partial charge in [-0.15, -0.1) is 11.3 Å². The minimum absolute atomic E-state index is 0.894. The predicted molar refractivity (Wildman–Crippen MR) is 164 cm³/mol. The topological polar surface area (TPSA) is 29.0 Å². The Morgan fingerprint density at radius 1 is 0.816 bits per heavy atom. The second kappa shape index (κ2) is 12.9. The lowest BCUT2D eigenvalue weighted by Crippen LogP contribution is -2.15. The summed E-state index contributed by atoms with van der Waals surface area (Å²) in [5.74, 6) is 3.88. The monoisotopic (exact) mass is 525 g/mol. The molecule has 0 bridgehead atoms. The van der Waals surface area contributed by atoms with Crippen LogP contribution >= 0.6 is 11.3 Å². The van der Waals surface area contributed by atoms with Gasteiger partial charge in [-0.05, 0) is 72.7 Å². The Kier molecular flexibility index (Phi) is 9.11. The molecule has 1 aliphatic rings. The van der Waals surface area contributed by atoms with Gasteiger partial charge in [0.1, 0.15) is 11.6 Å². The third kappa shape index (κ3) is 7.02. The SMILES string of the molecule is Cc1ccc(-c2cc(CCCCC3CCC(CCCc4nc(N(C)C)c5ccccc5n4)CC3)cs2)cc1. The maximum absolute atomic E-state index is 4.89. The maximum Gasteiger partial charge on any atom is 0.139 e. The van der Waals surface area contributed by atoms with E-state index in [0.717, 1.165) is 40.8 Å². The van der Waals surface area contributed by atoms with Crippen LogP contribution in [0.3, 0.4) is 0 Å². The minimum atomic E-state index is 0.894. The van der Waals surface area contributed by atoms with Gasteiger partial charge in [0.2, 0.25) is 0 Å². The molecule has 0 aliphatic heterocycles. The summed E-state index contributed by atoms with van der Waals surface area (Å²) in [6.45, 7) is 2.15. The first-order valence-electron chi connectivity index (χ1n) is 14.6. The number of rotatable bonds is 11. The van der Waals surface area contributed by atoms with Gasteiger partial charge in [0, 0.05) is 30.8 Å². The highest BCUT2D eigenvalue weighted by atomic mass is 32.1. The summed E-state index contributed by atoms with van der Waals surface area (Å²) >= 11 is 1.89. The molecule has 4 aromatic rings. The van der Waals surface area contributed by atoms with Gasteiger partial charge in [-0.1, -0.05) is 86.9 Å². The van der Waals surface area contributed by atoms with E-state index in [4.69, 9.17) is 9.97 Å². The van der Waals surface area contributed by atoms with Crippen molar-refractivity contribution in [3.8, 4) is 10.4 Å². The molecule has 4 heteroatoms. The summed E-state index contributed by atoms with van der Waals surface area (Å²) in [6, 6.07) is 19.7. The number of anilines is 1. The fraction of sp³-hybridized carbons (Fsp3) is 0.471. The molecule has 0 atom stereocenters. The van der Waals surface area contributed by atoms with E-state index in [2.05, 4.69) is 85.9 Å². The van der Waals surface area contributed by atoms with Gasteiger partial charge in [0.05, 0.1) is 5.52 Å². The quantitative estimate of drug-likeness (QED) is 0.183. The van der Waals surface area contributed by atoms with Gasteiger partial charge in [-0.3, -0.25) is 0 Å². The van der Waals surface area contributed by atoms with Crippen LogP contribution in [0.15, 0.2) is 60.0 Å². The van der Waals surface area contributed by atoms with Crippen LogP contribution in [-0.2, 0) is 12.8 Å². The van der Waals surface area contributed by atoms with Crippen LogP contribution in [0.2, 0.25) is 0 Å². The van der Waals surface area contributed by atoms with Gasteiger partial charge in [-0.25, -0.2) is 9.97 Å². The molecule has 3 nitrogen and oxygen atoms in total. The minimum Gasteiger partial charge on any atom is -0.362 e. The Labute approximate surface area is 233 Å². The molecule has 2 aromatic heterocycles. The van der Waals surface area contributed by atoms with E-state index in [1.54, 1.807) is 0 Å². The van der Waals surface area contributed by atoms with E-state index in [1.807, 2.05) is 11.3 Å². The van der Waals surface area contributed by atoms with E-state index in [1.165, 1.54) is 85.8 Å². The first kappa shape index (κ1) is 26.9. The fourth-order valence-corrected chi connectivity index (χ4v) is 7.01. The third-order valence-corrected chi connectivity index (χ3v) is 9.38. The lowest BCUT2D eigenvalue weighted by atomic mass is 9.78. The molecule has 0 saturated heterocycles. The average Bonchev–Trinajstić information content (AvgIpc) is 3.41. The summed E-state index contributed by atoms with van der Waals surface area (Å²) in [5, 5.41) is 3.51. The third-order valence-electron chi connectivity index (χ3n) is 8.35. The lowest BCUT2D eigenvalue weighted by Gasteiger charge is -2.28. The van der Waals surface area contributed by atoms with Crippen LogP contribution in [-0.4, -0.2) is 24.1 Å². The van der Waals surface area contributed by atoms with E-state index in [-0.39, 0.29) is 0 Å². The maximum atomic E-state index is 4.89. The summed E-state index contributed by atoms with van der Waals surface area (Å²) in [5.41, 5.74) is 5.26. The number of thiophene rings is 1. The van der Waals surface area contributed by atoms with Gasteiger partial charge < -0.3 is 4.90 Å². The van der Waals surface area contributed by atoms with Gasteiger partial charge in [0.15, 0.2) is 0 Å². The number of benzene rings is 2. The highest BCUT2D eigenvalue weighted by molar-refractivity contribution is 7.13. The molecule has 0 unspecified atom stereocenters. The molecule has 0 spiro atoms. The molecule has 1 aliphatic carbocycles. The lowest BCUT2D eigenvalue weighted by molar-refractivity contribution is 0.246. The molecule has 0 radical (unpaired) electrons. The zero-order valence-corrected chi connectivity index (χ0v) is 24.3. The van der Waals surface area contributed by atoms with Crippen molar-refractivity contribution in [2.45, 2.75) is 77.6 Å². The Bertz CT molecular complexity index is 1300. The highest BCUT2D eigenvalue weighted by Gasteiger charge is 2.21.